The van der Waals surface area contributed by atoms with Gasteiger partial charge < -0.3 is 10.8 Å². The highest BCUT2D eigenvalue weighted by molar-refractivity contribution is 5.93. The Morgan fingerprint density at radius 1 is 1.40 bits per heavy atom. The zero-order valence-electron chi connectivity index (χ0n) is 4.86. The molecule has 7 heteroatoms. The number of nitrogens with one attached hydrogen (secondary N) is 1. The van der Waals surface area contributed by atoms with Crippen LogP contribution in [0.15, 0.2) is 0 Å². The molecule has 0 atom stereocenters. The summed E-state index contributed by atoms with van der Waals surface area (Å²) in [4.78, 5) is 19.7. The number of aliphatic hydroxyl groups excluding tert-OH is 1. The summed E-state index contributed by atoms with van der Waals surface area (Å²) in [6.45, 7) is -0.719. The summed E-state index contributed by atoms with van der Waals surface area (Å²) in [5, 5.41) is 9.61. The van der Waals surface area contributed by atoms with E-state index in [0.29, 0.717) is 0 Å². The Balaban J connectivity index is -0.000000245. The molecule has 0 unspecified atom stereocenters. The van der Waals surface area contributed by atoms with Gasteiger partial charge in [0.25, 0.3) is 5.91 Å². The molecule has 0 aromatic carbocycles. The first-order chi connectivity index (χ1) is 3.66. The van der Waals surface area contributed by atoms with Crippen molar-refractivity contribution in [3.05, 3.63) is 0 Å². The van der Waals surface area contributed by atoms with Gasteiger partial charge in [-0.1, -0.05) is 0 Å². The Labute approximate surface area is 69.8 Å². The van der Waals surface area contributed by atoms with E-state index in [1.165, 1.54) is 0 Å². The SMILES string of the molecule is Cl.Cl.NC(=O)NC(=O)CO. The van der Waals surface area contributed by atoms with E-state index in [9.17, 15) is 9.59 Å². The highest BCUT2D eigenvalue weighted by atomic mass is 35.5. The van der Waals surface area contributed by atoms with Gasteiger partial charge in [-0.3, -0.25) is 10.1 Å². The highest BCUT2D eigenvalue weighted by Crippen LogP contribution is 1.58. The molecule has 0 rings (SSSR count). The molecular formula is C3H8Cl2N2O3. The Hall–Kier alpha value is -0.520. The number of imide groups is 1. The number of carbonyl (C=O) groups is 2. The average Bonchev–Trinajstić information content (AvgIpc) is 1.65. The van der Waals surface area contributed by atoms with E-state index in [1.54, 1.807) is 5.32 Å². The van der Waals surface area contributed by atoms with Crippen molar-refractivity contribution in [1.29, 1.82) is 0 Å². The fourth-order valence-electron chi connectivity index (χ4n) is 0.177. The van der Waals surface area contributed by atoms with Crippen molar-refractivity contribution in [2.24, 2.45) is 5.73 Å². The van der Waals surface area contributed by atoms with E-state index >= 15 is 0 Å². The zero-order valence-corrected chi connectivity index (χ0v) is 6.50. The molecule has 0 aromatic heterocycles. The van der Waals surface area contributed by atoms with E-state index < -0.39 is 18.5 Å². The van der Waals surface area contributed by atoms with Crippen LogP contribution < -0.4 is 11.1 Å². The monoisotopic (exact) mass is 190 g/mol. The summed E-state index contributed by atoms with van der Waals surface area (Å²) in [6.07, 6.45) is 0. The van der Waals surface area contributed by atoms with Crippen LogP contribution in [0.1, 0.15) is 0 Å². The molecule has 0 saturated carbocycles. The molecule has 0 spiro atoms. The van der Waals surface area contributed by atoms with E-state index in [2.05, 4.69) is 5.73 Å². The number of halogens is 2. The second-order valence-electron chi connectivity index (χ2n) is 1.07. The number of carbonyl (C=O) groups excluding carboxylic acids is 2. The first kappa shape index (κ1) is 16.2. The number of rotatable bonds is 1. The van der Waals surface area contributed by atoms with Crippen molar-refractivity contribution < 1.29 is 14.7 Å². The molecule has 10 heavy (non-hydrogen) atoms. The lowest BCUT2D eigenvalue weighted by atomic mass is 10.6. The molecule has 0 fully saturated rings. The van der Waals surface area contributed by atoms with Crippen molar-refractivity contribution in [1.82, 2.24) is 5.32 Å². The second kappa shape index (κ2) is 8.48. The predicted octanol–water partition coefficient (Wildman–Crippen LogP) is -0.983. The molecule has 0 heterocycles. The van der Waals surface area contributed by atoms with Gasteiger partial charge in [0, 0.05) is 0 Å². The molecule has 62 valence electrons. The first-order valence-corrected chi connectivity index (χ1v) is 1.87. The highest BCUT2D eigenvalue weighted by Gasteiger charge is 1.98. The largest absolute Gasteiger partial charge is 0.387 e. The van der Waals surface area contributed by atoms with Crippen LogP contribution in [-0.4, -0.2) is 23.7 Å². The van der Waals surface area contributed by atoms with E-state index in [-0.39, 0.29) is 24.8 Å². The van der Waals surface area contributed by atoms with Crippen molar-refractivity contribution in [3.8, 4) is 0 Å². The number of nitrogens with two attached hydrogens (primary N) is 1. The van der Waals surface area contributed by atoms with Crippen molar-refractivity contribution in [2.75, 3.05) is 6.61 Å². The molecule has 0 aromatic rings. The molecule has 3 amide bonds. The maximum absolute atomic E-state index is 9.96. The topological polar surface area (TPSA) is 92.4 Å². The van der Waals surface area contributed by atoms with Crippen molar-refractivity contribution in [3.63, 3.8) is 0 Å². The van der Waals surface area contributed by atoms with Gasteiger partial charge in [-0.2, -0.15) is 0 Å². The minimum Gasteiger partial charge on any atom is -0.387 e. The predicted molar refractivity (Wildman–Crippen MR) is 39.3 cm³/mol. The fraction of sp³-hybridized carbons (Fsp3) is 0.333. The lowest BCUT2D eigenvalue weighted by Crippen LogP contribution is -2.36. The summed E-state index contributed by atoms with van der Waals surface area (Å²) in [5.74, 6) is -0.794. The Bertz CT molecular complexity index is 118. The normalized spacial score (nSPS) is 6.50. The minimum atomic E-state index is -0.955. The third-order valence-electron chi connectivity index (χ3n) is 0.406. The molecule has 0 radical (unpaired) electrons. The molecular weight excluding hydrogens is 183 g/mol. The van der Waals surface area contributed by atoms with Gasteiger partial charge in [0.15, 0.2) is 0 Å². The number of urea groups is 1. The smallest absolute Gasteiger partial charge is 0.318 e. The maximum atomic E-state index is 9.96. The number of hydrogen-bond donors (Lipinski definition) is 3. The van der Waals surface area contributed by atoms with Crippen LogP contribution in [0.2, 0.25) is 0 Å². The number of aliphatic hydroxyl groups is 1. The quantitative estimate of drug-likeness (QED) is 0.497. The fourth-order valence-corrected chi connectivity index (χ4v) is 0.177. The van der Waals surface area contributed by atoms with Gasteiger partial charge >= 0.3 is 6.03 Å². The van der Waals surface area contributed by atoms with E-state index in [1.807, 2.05) is 0 Å². The molecule has 0 aliphatic carbocycles. The summed E-state index contributed by atoms with van der Waals surface area (Å²) < 4.78 is 0. The van der Waals surface area contributed by atoms with E-state index in [4.69, 9.17) is 5.11 Å². The van der Waals surface area contributed by atoms with E-state index in [0.717, 1.165) is 0 Å². The van der Waals surface area contributed by atoms with Crippen molar-refractivity contribution in [2.45, 2.75) is 0 Å². The van der Waals surface area contributed by atoms with Crippen LogP contribution in [0.4, 0.5) is 4.79 Å². The van der Waals surface area contributed by atoms with Gasteiger partial charge in [-0.25, -0.2) is 4.79 Å². The second-order valence-corrected chi connectivity index (χ2v) is 1.07. The number of amides is 3. The van der Waals surface area contributed by atoms with Gasteiger partial charge in [0.2, 0.25) is 0 Å². The standard InChI is InChI=1S/C3H6N2O3.2ClH/c4-3(8)5-2(7)1-6;;/h6H,1H2,(H3,4,5,7,8);2*1H. The molecule has 4 N–H and O–H groups in total. The van der Waals surface area contributed by atoms with Crippen LogP contribution >= 0.6 is 24.8 Å². The summed E-state index contributed by atoms with van der Waals surface area (Å²) in [5.41, 5.74) is 4.49. The third kappa shape index (κ3) is 10.5. The molecule has 5 nitrogen and oxygen atoms in total. The average molecular weight is 191 g/mol. The maximum Gasteiger partial charge on any atom is 0.318 e. The van der Waals surface area contributed by atoms with Gasteiger partial charge in [0.1, 0.15) is 6.61 Å². The van der Waals surface area contributed by atoms with Crippen molar-refractivity contribution >= 4 is 36.8 Å². The minimum absolute atomic E-state index is 0. The van der Waals surface area contributed by atoms with Gasteiger partial charge in [-0.15, -0.1) is 24.8 Å². The van der Waals surface area contributed by atoms with Crippen LogP contribution in [0, 0.1) is 0 Å². The summed E-state index contributed by atoms with van der Waals surface area (Å²) >= 11 is 0. The Morgan fingerprint density at radius 2 is 1.80 bits per heavy atom. The molecule has 0 bridgehead atoms. The third-order valence-corrected chi connectivity index (χ3v) is 0.406. The summed E-state index contributed by atoms with van der Waals surface area (Å²) in [7, 11) is 0. The summed E-state index contributed by atoms with van der Waals surface area (Å²) in [6, 6.07) is -0.955. The molecule has 0 aliphatic heterocycles. The lowest BCUT2D eigenvalue weighted by molar-refractivity contribution is -0.122. The van der Waals surface area contributed by atoms with Crippen LogP contribution in [0.3, 0.4) is 0 Å². The zero-order chi connectivity index (χ0) is 6.57. The lowest BCUT2D eigenvalue weighted by Gasteiger charge is -1.92. The first-order valence-electron chi connectivity index (χ1n) is 1.87. The number of primary amides is 1. The number of hydrogen-bond acceptors (Lipinski definition) is 3. The molecule has 0 aliphatic rings. The van der Waals surface area contributed by atoms with Gasteiger partial charge in [0.05, 0.1) is 0 Å². The van der Waals surface area contributed by atoms with Gasteiger partial charge in [-0.05, 0) is 0 Å². The van der Waals surface area contributed by atoms with Crippen LogP contribution in [0.5, 0.6) is 0 Å². The Kier molecular flexibility index (Phi) is 13.8. The van der Waals surface area contributed by atoms with Crippen LogP contribution in [-0.2, 0) is 4.79 Å². The Morgan fingerprint density at radius 3 is 1.90 bits per heavy atom. The molecule has 0 saturated heterocycles. The van der Waals surface area contributed by atoms with Crippen LogP contribution in [0.25, 0.3) is 0 Å².